The van der Waals surface area contributed by atoms with Gasteiger partial charge in [0.05, 0.1) is 11.0 Å². The number of sulfonamides is 1. The third kappa shape index (κ3) is 6.70. The molecule has 1 fully saturated rings. The molecule has 1 atom stereocenters. The van der Waals surface area contributed by atoms with Crippen LogP contribution in [0.5, 0.6) is 0 Å². The number of hydrogen-bond donors (Lipinski definition) is 3. The van der Waals surface area contributed by atoms with Crippen molar-refractivity contribution in [2.24, 2.45) is 0 Å². The zero-order chi connectivity index (χ0) is 20.1. The van der Waals surface area contributed by atoms with Gasteiger partial charge < -0.3 is 10.0 Å². The number of likely N-dealkylation sites (tertiary alicyclic amines) is 1. The van der Waals surface area contributed by atoms with Crippen molar-refractivity contribution in [2.45, 2.75) is 30.3 Å². The maximum absolute atomic E-state index is 12.3. The zero-order valence-corrected chi connectivity index (χ0v) is 17.3. The van der Waals surface area contributed by atoms with Crippen molar-refractivity contribution in [1.82, 2.24) is 13.9 Å². The Hall–Kier alpha value is -1.24. The highest BCUT2D eigenvalue weighted by molar-refractivity contribution is 7.90. The summed E-state index contributed by atoms with van der Waals surface area (Å²) in [6, 6.07) is 5.53. The van der Waals surface area contributed by atoms with E-state index in [2.05, 4.69) is 14.3 Å². The predicted molar refractivity (Wildman–Crippen MR) is 104 cm³/mol. The highest BCUT2D eigenvalue weighted by Gasteiger charge is 2.18. The molecular formula is C16H28N4O5S2. The van der Waals surface area contributed by atoms with Crippen LogP contribution in [0.3, 0.4) is 0 Å². The molecule has 1 saturated heterocycles. The molecule has 0 aliphatic carbocycles. The number of nitrogens with one attached hydrogen (secondary N) is 2. The summed E-state index contributed by atoms with van der Waals surface area (Å²) in [5.74, 6) is 0. The van der Waals surface area contributed by atoms with E-state index in [9.17, 15) is 21.9 Å². The molecule has 2 rings (SSSR count). The lowest BCUT2D eigenvalue weighted by atomic mass is 10.1. The van der Waals surface area contributed by atoms with E-state index in [4.69, 9.17) is 0 Å². The Bertz CT molecular complexity index is 810. The molecule has 9 nitrogen and oxygen atoms in total. The van der Waals surface area contributed by atoms with Gasteiger partial charge >= 0.3 is 10.2 Å². The predicted octanol–water partition coefficient (Wildman–Crippen LogP) is 0.0300. The minimum Gasteiger partial charge on any atom is -0.392 e. The van der Waals surface area contributed by atoms with E-state index in [1.807, 2.05) is 0 Å². The molecule has 3 N–H and O–H groups in total. The van der Waals surface area contributed by atoms with Crippen LogP contribution in [0.1, 0.15) is 19.3 Å². The van der Waals surface area contributed by atoms with Crippen LogP contribution in [0, 0.1) is 0 Å². The monoisotopic (exact) mass is 420 g/mol. The van der Waals surface area contributed by atoms with E-state index in [0.717, 1.165) is 30.2 Å². The molecule has 154 valence electrons. The molecule has 1 aromatic rings. The summed E-state index contributed by atoms with van der Waals surface area (Å²) in [4.78, 5) is 2.21. The van der Waals surface area contributed by atoms with Crippen LogP contribution in [0.2, 0.25) is 0 Å². The summed E-state index contributed by atoms with van der Waals surface area (Å²) >= 11 is 0. The number of piperidine rings is 1. The molecule has 0 amide bonds. The Labute approximate surface area is 161 Å². The minimum atomic E-state index is -3.66. The van der Waals surface area contributed by atoms with Crippen LogP contribution in [-0.2, 0) is 20.2 Å². The number of rotatable bonds is 9. The van der Waals surface area contributed by atoms with Crippen LogP contribution in [0.4, 0.5) is 5.69 Å². The normalized spacial score (nSPS) is 19.3. The van der Waals surface area contributed by atoms with E-state index in [1.165, 1.54) is 38.4 Å². The van der Waals surface area contributed by atoms with E-state index < -0.39 is 20.2 Å². The lowest BCUT2D eigenvalue weighted by Gasteiger charge is -2.29. The van der Waals surface area contributed by atoms with Crippen molar-refractivity contribution >= 4 is 25.9 Å². The molecule has 1 aliphatic heterocycles. The average molecular weight is 421 g/mol. The van der Waals surface area contributed by atoms with E-state index in [0.29, 0.717) is 19.5 Å². The van der Waals surface area contributed by atoms with Crippen molar-refractivity contribution in [3.05, 3.63) is 24.3 Å². The van der Waals surface area contributed by atoms with Gasteiger partial charge in [0.25, 0.3) is 0 Å². The fourth-order valence-electron chi connectivity index (χ4n) is 2.77. The second kappa shape index (κ2) is 9.30. The summed E-state index contributed by atoms with van der Waals surface area (Å²) in [6.45, 7) is 2.58. The molecule has 0 saturated carbocycles. The Morgan fingerprint density at radius 2 is 1.85 bits per heavy atom. The fourth-order valence-corrected chi connectivity index (χ4v) is 4.46. The van der Waals surface area contributed by atoms with Crippen molar-refractivity contribution in [1.29, 1.82) is 0 Å². The number of β-amino-alcohol motifs (C(OH)–C–C–N with tert-alkyl or cyclic N) is 1. The molecule has 0 aromatic heterocycles. The van der Waals surface area contributed by atoms with E-state index in [1.54, 1.807) is 0 Å². The fraction of sp³-hybridized carbons (Fsp3) is 0.625. The Balaban J connectivity index is 1.85. The Kier molecular flexibility index (Phi) is 7.60. The average Bonchev–Trinajstić information content (AvgIpc) is 2.59. The third-order valence-corrected chi connectivity index (χ3v) is 7.25. The van der Waals surface area contributed by atoms with Crippen molar-refractivity contribution in [3.8, 4) is 0 Å². The van der Waals surface area contributed by atoms with Gasteiger partial charge in [-0.3, -0.25) is 4.72 Å². The van der Waals surface area contributed by atoms with Gasteiger partial charge in [0.2, 0.25) is 10.0 Å². The SMILES string of the molecule is CN(C)S(=O)(=O)Nc1ccc(S(=O)(=O)NCCCN2CCC[C@H](O)C2)cc1. The number of aliphatic hydroxyl groups excluding tert-OH is 1. The number of aliphatic hydroxyl groups is 1. The lowest BCUT2D eigenvalue weighted by Crippen LogP contribution is -2.39. The molecule has 0 unspecified atom stereocenters. The number of hydrogen-bond acceptors (Lipinski definition) is 6. The van der Waals surface area contributed by atoms with Crippen molar-refractivity contribution in [2.75, 3.05) is 45.0 Å². The molecule has 0 radical (unpaired) electrons. The summed E-state index contributed by atoms with van der Waals surface area (Å²) in [6.07, 6.45) is 2.13. The van der Waals surface area contributed by atoms with E-state index in [-0.39, 0.29) is 16.7 Å². The molecule has 0 spiro atoms. The van der Waals surface area contributed by atoms with Crippen LogP contribution in [0.25, 0.3) is 0 Å². The largest absolute Gasteiger partial charge is 0.392 e. The van der Waals surface area contributed by atoms with Gasteiger partial charge in [-0.05, 0) is 56.6 Å². The topological polar surface area (TPSA) is 119 Å². The standard InChI is InChI=1S/C16H28N4O5S2/c1-19(2)27(24,25)18-14-6-8-16(9-7-14)26(22,23)17-10-4-12-20-11-3-5-15(21)13-20/h6-9,15,17-18,21H,3-5,10-13H2,1-2H3/t15-/m0/s1. The number of anilines is 1. The van der Waals surface area contributed by atoms with Crippen LogP contribution >= 0.6 is 0 Å². The highest BCUT2D eigenvalue weighted by atomic mass is 32.2. The van der Waals surface area contributed by atoms with Crippen LogP contribution in [0.15, 0.2) is 29.2 Å². The van der Waals surface area contributed by atoms with Crippen LogP contribution < -0.4 is 9.44 Å². The molecule has 11 heteroatoms. The van der Waals surface area contributed by atoms with Gasteiger partial charge in [-0.2, -0.15) is 12.7 Å². The van der Waals surface area contributed by atoms with Gasteiger partial charge in [0.15, 0.2) is 0 Å². The van der Waals surface area contributed by atoms with Crippen molar-refractivity contribution in [3.63, 3.8) is 0 Å². The maximum Gasteiger partial charge on any atom is 0.301 e. The first-order chi connectivity index (χ1) is 12.6. The van der Waals surface area contributed by atoms with Gasteiger partial charge in [-0.1, -0.05) is 0 Å². The molecular weight excluding hydrogens is 392 g/mol. The molecule has 0 bridgehead atoms. The zero-order valence-electron chi connectivity index (χ0n) is 15.6. The molecule has 1 aromatic carbocycles. The maximum atomic E-state index is 12.3. The Morgan fingerprint density at radius 3 is 2.44 bits per heavy atom. The van der Waals surface area contributed by atoms with Gasteiger partial charge in [-0.25, -0.2) is 13.1 Å². The summed E-state index contributed by atoms with van der Waals surface area (Å²) in [5.41, 5.74) is 0.284. The quantitative estimate of drug-likeness (QED) is 0.485. The number of nitrogens with zero attached hydrogens (tertiary/aromatic N) is 2. The van der Waals surface area contributed by atoms with Gasteiger partial charge in [0, 0.05) is 32.9 Å². The van der Waals surface area contributed by atoms with Gasteiger partial charge in [0.1, 0.15) is 0 Å². The third-order valence-electron chi connectivity index (χ3n) is 4.32. The first-order valence-corrected chi connectivity index (χ1v) is 11.7. The lowest BCUT2D eigenvalue weighted by molar-refractivity contribution is 0.0704. The second-order valence-electron chi connectivity index (χ2n) is 6.76. The Morgan fingerprint density at radius 1 is 1.19 bits per heavy atom. The highest BCUT2D eigenvalue weighted by Crippen LogP contribution is 2.16. The second-order valence-corrected chi connectivity index (χ2v) is 10.4. The first-order valence-electron chi connectivity index (χ1n) is 8.80. The molecule has 1 aliphatic rings. The molecule has 1 heterocycles. The first kappa shape index (κ1) is 22.1. The van der Waals surface area contributed by atoms with Crippen molar-refractivity contribution < 1.29 is 21.9 Å². The minimum absolute atomic E-state index is 0.0729. The summed E-state index contributed by atoms with van der Waals surface area (Å²) in [5, 5.41) is 9.64. The number of benzene rings is 1. The summed E-state index contributed by atoms with van der Waals surface area (Å²) < 4.78 is 54.1. The van der Waals surface area contributed by atoms with E-state index >= 15 is 0 Å². The van der Waals surface area contributed by atoms with Gasteiger partial charge in [-0.15, -0.1) is 0 Å². The van der Waals surface area contributed by atoms with Crippen LogP contribution in [-0.4, -0.2) is 77.5 Å². The molecule has 27 heavy (non-hydrogen) atoms. The summed E-state index contributed by atoms with van der Waals surface area (Å²) in [7, 11) is -4.50. The smallest absolute Gasteiger partial charge is 0.301 e.